The normalized spacial score (nSPS) is 11.0. The molecule has 0 aliphatic rings. The molecule has 0 amide bonds. The third kappa shape index (κ3) is 6.19. The van der Waals surface area contributed by atoms with Crippen LogP contribution in [0.25, 0.3) is 0 Å². The van der Waals surface area contributed by atoms with Crippen molar-refractivity contribution < 1.29 is 9.26 Å². The van der Waals surface area contributed by atoms with Gasteiger partial charge in [-0.15, -0.1) is 24.0 Å². The number of methoxy groups -OCH3 is 1. The standard InChI is InChI=1S/C19H28N4O2.HI/c1-13-6-7-16(12-18(13)24-5)8-10-21-19(20-4)22-11-9-17-14(2)23-25-15(17)3;/h6-7,12H,8-11H2,1-5H3,(H2,20,21,22);1H. The minimum absolute atomic E-state index is 0. The minimum atomic E-state index is 0. The number of aromatic nitrogens is 1. The number of rotatable bonds is 7. The van der Waals surface area contributed by atoms with Gasteiger partial charge in [0.2, 0.25) is 0 Å². The molecule has 0 fully saturated rings. The summed E-state index contributed by atoms with van der Waals surface area (Å²) in [6.07, 6.45) is 1.76. The molecular formula is C19H29IN4O2. The van der Waals surface area contributed by atoms with Crippen molar-refractivity contribution in [2.45, 2.75) is 33.6 Å². The van der Waals surface area contributed by atoms with Crippen LogP contribution in [0.4, 0.5) is 0 Å². The van der Waals surface area contributed by atoms with Crippen molar-refractivity contribution in [1.82, 2.24) is 15.8 Å². The molecule has 0 bridgehead atoms. The zero-order chi connectivity index (χ0) is 18.2. The van der Waals surface area contributed by atoms with E-state index in [2.05, 4.69) is 39.0 Å². The SMILES string of the molecule is CN=C(NCCc1ccc(C)c(OC)c1)NCCc1c(C)noc1C.I. The molecule has 0 saturated heterocycles. The van der Waals surface area contributed by atoms with Crippen LogP contribution in [0.2, 0.25) is 0 Å². The third-order valence-electron chi connectivity index (χ3n) is 4.25. The maximum Gasteiger partial charge on any atom is 0.190 e. The number of ether oxygens (including phenoxy) is 1. The van der Waals surface area contributed by atoms with Crippen LogP contribution in [0, 0.1) is 20.8 Å². The van der Waals surface area contributed by atoms with Gasteiger partial charge in [-0.3, -0.25) is 4.99 Å². The van der Waals surface area contributed by atoms with E-state index in [1.807, 2.05) is 20.8 Å². The summed E-state index contributed by atoms with van der Waals surface area (Å²) in [6, 6.07) is 6.31. The van der Waals surface area contributed by atoms with E-state index in [-0.39, 0.29) is 24.0 Å². The summed E-state index contributed by atoms with van der Waals surface area (Å²) < 4.78 is 10.6. The first kappa shape index (κ1) is 22.3. The molecule has 2 rings (SSSR count). The maximum absolute atomic E-state index is 5.37. The van der Waals surface area contributed by atoms with Gasteiger partial charge in [-0.25, -0.2) is 0 Å². The van der Waals surface area contributed by atoms with Gasteiger partial charge in [0.05, 0.1) is 12.8 Å². The number of aliphatic imine (C=N–C) groups is 1. The lowest BCUT2D eigenvalue weighted by molar-refractivity contribution is 0.392. The van der Waals surface area contributed by atoms with E-state index < -0.39 is 0 Å². The summed E-state index contributed by atoms with van der Waals surface area (Å²) >= 11 is 0. The van der Waals surface area contributed by atoms with Crippen LogP contribution in [0.5, 0.6) is 5.75 Å². The van der Waals surface area contributed by atoms with Crippen molar-refractivity contribution >= 4 is 29.9 Å². The highest BCUT2D eigenvalue weighted by atomic mass is 127. The molecule has 0 spiro atoms. The first-order chi connectivity index (χ1) is 12.0. The van der Waals surface area contributed by atoms with Crippen molar-refractivity contribution in [1.29, 1.82) is 0 Å². The van der Waals surface area contributed by atoms with Crippen LogP contribution in [0.1, 0.15) is 28.1 Å². The third-order valence-corrected chi connectivity index (χ3v) is 4.25. The first-order valence-corrected chi connectivity index (χ1v) is 8.55. The van der Waals surface area contributed by atoms with Gasteiger partial charge in [0, 0.05) is 25.7 Å². The second-order valence-electron chi connectivity index (χ2n) is 6.03. The quantitative estimate of drug-likeness (QED) is 0.368. The topological polar surface area (TPSA) is 71.7 Å². The van der Waals surface area contributed by atoms with E-state index in [1.54, 1.807) is 14.2 Å². The Hall–Kier alpha value is -1.77. The van der Waals surface area contributed by atoms with Crippen LogP contribution in [0.15, 0.2) is 27.7 Å². The number of hydrogen-bond donors (Lipinski definition) is 2. The monoisotopic (exact) mass is 472 g/mol. The predicted octanol–water partition coefficient (Wildman–Crippen LogP) is 3.18. The lowest BCUT2D eigenvalue weighted by Gasteiger charge is -2.12. The highest BCUT2D eigenvalue weighted by Crippen LogP contribution is 2.19. The van der Waals surface area contributed by atoms with Gasteiger partial charge >= 0.3 is 0 Å². The molecule has 2 aromatic rings. The molecule has 0 radical (unpaired) electrons. The number of nitrogens with one attached hydrogen (secondary N) is 2. The minimum Gasteiger partial charge on any atom is -0.496 e. The van der Waals surface area contributed by atoms with E-state index in [1.165, 1.54) is 5.56 Å². The van der Waals surface area contributed by atoms with Crippen LogP contribution in [0.3, 0.4) is 0 Å². The molecule has 0 aliphatic heterocycles. The molecule has 26 heavy (non-hydrogen) atoms. The molecule has 0 saturated carbocycles. The molecule has 0 aliphatic carbocycles. The summed E-state index contributed by atoms with van der Waals surface area (Å²) in [5.41, 5.74) is 4.50. The molecule has 2 N–H and O–H groups in total. The van der Waals surface area contributed by atoms with E-state index >= 15 is 0 Å². The van der Waals surface area contributed by atoms with Gasteiger partial charge < -0.3 is 19.9 Å². The lowest BCUT2D eigenvalue weighted by atomic mass is 10.1. The molecule has 7 heteroatoms. The van der Waals surface area contributed by atoms with Crippen molar-refractivity contribution in [2.75, 3.05) is 27.2 Å². The summed E-state index contributed by atoms with van der Waals surface area (Å²) in [6.45, 7) is 7.54. The summed E-state index contributed by atoms with van der Waals surface area (Å²) in [4.78, 5) is 4.26. The predicted molar refractivity (Wildman–Crippen MR) is 116 cm³/mol. The van der Waals surface area contributed by atoms with Crippen molar-refractivity contribution in [2.24, 2.45) is 4.99 Å². The van der Waals surface area contributed by atoms with E-state index in [0.29, 0.717) is 0 Å². The van der Waals surface area contributed by atoms with E-state index in [9.17, 15) is 0 Å². The number of guanidine groups is 1. The molecule has 1 heterocycles. The van der Waals surface area contributed by atoms with Crippen molar-refractivity contribution in [3.05, 3.63) is 46.3 Å². The molecule has 0 unspecified atom stereocenters. The Kier molecular flexibility index (Phi) is 9.47. The van der Waals surface area contributed by atoms with Gasteiger partial charge in [0.15, 0.2) is 5.96 Å². The fourth-order valence-electron chi connectivity index (χ4n) is 2.73. The van der Waals surface area contributed by atoms with Crippen molar-refractivity contribution in [3.63, 3.8) is 0 Å². The highest BCUT2D eigenvalue weighted by molar-refractivity contribution is 14.0. The summed E-state index contributed by atoms with van der Waals surface area (Å²) in [7, 11) is 3.48. The molecule has 1 aromatic carbocycles. The number of nitrogens with zero attached hydrogens (tertiary/aromatic N) is 2. The van der Waals surface area contributed by atoms with Crippen LogP contribution < -0.4 is 15.4 Å². The number of aryl methyl sites for hydroxylation is 3. The molecule has 6 nitrogen and oxygen atoms in total. The van der Waals surface area contributed by atoms with Crippen molar-refractivity contribution in [3.8, 4) is 5.75 Å². The second kappa shape index (κ2) is 11.1. The van der Waals surface area contributed by atoms with Crippen LogP contribution >= 0.6 is 24.0 Å². The molecule has 1 aromatic heterocycles. The van der Waals surface area contributed by atoms with Crippen LogP contribution in [-0.4, -0.2) is 38.4 Å². The van der Waals surface area contributed by atoms with Crippen LogP contribution in [-0.2, 0) is 12.8 Å². The largest absolute Gasteiger partial charge is 0.496 e. The summed E-state index contributed by atoms with van der Waals surface area (Å²) in [5, 5.41) is 10.6. The Balaban J connectivity index is 0.00000338. The van der Waals surface area contributed by atoms with E-state index in [4.69, 9.17) is 9.26 Å². The molecule has 0 atom stereocenters. The lowest BCUT2D eigenvalue weighted by Crippen LogP contribution is -2.39. The Morgan fingerprint density at radius 3 is 2.42 bits per heavy atom. The van der Waals surface area contributed by atoms with Gasteiger partial charge in [-0.1, -0.05) is 17.3 Å². The average molecular weight is 472 g/mol. The van der Waals surface area contributed by atoms with Gasteiger partial charge in [0.1, 0.15) is 11.5 Å². The first-order valence-electron chi connectivity index (χ1n) is 8.55. The molecular weight excluding hydrogens is 443 g/mol. The Morgan fingerprint density at radius 1 is 1.15 bits per heavy atom. The zero-order valence-corrected chi connectivity index (χ0v) is 18.5. The second-order valence-corrected chi connectivity index (χ2v) is 6.03. The Bertz CT molecular complexity index is 709. The Labute approximate surface area is 172 Å². The summed E-state index contributed by atoms with van der Waals surface area (Å²) in [5.74, 6) is 2.61. The van der Waals surface area contributed by atoms with Gasteiger partial charge in [-0.05, 0) is 50.8 Å². The highest BCUT2D eigenvalue weighted by Gasteiger charge is 2.08. The molecule has 144 valence electrons. The average Bonchev–Trinajstić information content (AvgIpc) is 2.93. The number of hydrogen-bond acceptors (Lipinski definition) is 4. The zero-order valence-electron chi connectivity index (χ0n) is 16.2. The van der Waals surface area contributed by atoms with Gasteiger partial charge in [-0.2, -0.15) is 0 Å². The Morgan fingerprint density at radius 2 is 1.85 bits per heavy atom. The van der Waals surface area contributed by atoms with E-state index in [0.717, 1.165) is 60.2 Å². The van der Waals surface area contributed by atoms with Gasteiger partial charge in [0.25, 0.3) is 0 Å². The fourth-order valence-corrected chi connectivity index (χ4v) is 2.73. The maximum atomic E-state index is 5.37. The number of benzene rings is 1. The number of halogens is 1. The smallest absolute Gasteiger partial charge is 0.190 e. The fraction of sp³-hybridized carbons (Fsp3) is 0.474.